The average molecular weight is 384 g/mol. The molecule has 3 N–H and O–H groups in total. The van der Waals surface area contributed by atoms with E-state index in [1.54, 1.807) is 36.4 Å². The summed E-state index contributed by atoms with van der Waals surface area (Å²) in [6, 6.07) is 14.3. The smallest absolute Gasteiger partial charge is 0.303 e. The van der Waals surface area contributed by atoms with E-state index in [0.717, 1.165) is 11.1 Å². The molecule has 0 aliphatic heterocycles. The molecular weight excluding hydrogens is 360 g/mol. The summed E-state index contributed by atoms with van der Waals surface area (Å²) in [6.45, 7) is 2.62. The third-order valence-electron chi connectivity index (χ3n) is 3.94. The summed E-state index contributed by atoms with van der Waals surface area (Å²) in [5.74, 6) is -0.453. The van der Waals surface area contributed by atoms with Crippen LogP contribution in [0.5, 0.6) is 5.75 Å². The van der Waals surface area contributed by atoms with Crippen molar-refractivity contribution in [3.8, 4) is 5.75 Å². The summed E-state index contributed by atoms with van der Waals surface area (Å²) in [5.41, 5.74) is 2.39. The Morgan fingerprint density at radius 1 is 0.893 bits per heavy atom. The minimum Gasteiger partial charge on any atom is -0.494 e. The zero-order chi connectivity index (χ0) is 20.4. The van der Waals surface area contributed by atoms with E-state index >= 15 is 0 Å². The number of carbonyl (C=O) groups is 3. The number of hydrogen-bond acceptors (Lipinski definition) is 4. The topological polar surface area (TPSA) is 105 Å². The lowest BCUT2D eigenvalue weighted by Gasteiger charge is -2.09. The zero-order valence-corrected chi connectivity index (χ0v) is 15.7. The summed E-state index contributed by atoms with van der Waals surface area (Å²) in [7, 11) is 0. The molecule has 0 saturated carbocycles. The minimum atomic E-state index is -0.836. The lowest BCUT2D eigenvalue weighted by atomic mass is 10.1. The second-order valence-corrected chi connectivity index (χ2v) is 6.28. The second kappa shape index (κ2) is 10.7. The maximum absolute atomic E-state index is 12.2. The molecule has 0 aromatic heterocycles. The summed E-state index contributed by atoms with van der Waals surface area (Å²) < 4.78 is 5.48. The molecule has 2 aromatic carbocycles. The zero-order valence-electron chi connectivity index (χ0n) is 15.7. The third-order valence-corrected chi connectivity index (χ3v) is 3.94. The van der Waals surface area contributed by atoms with Gasteiger partial charge in [0.25, 0.3) is 5.91 Å². The molecule has 7 nitrogen and oxygen atoms in total. The van der Waals surface area contributed by atoms with E-state index in [9.17, 15) is 14.4 Å². The molecule has 0 radical (unpaired) electrons. The molecule has 0 fully saturated rings. The van der Waals surface area contributed by atoms with Crippen LogP contribution in [0, 0.1) is 0 Å². The van der Waals surface area contributed by atoms with E-state index in [4.69, 9.17) is 9.84 Å². The van der Waals surface area contributed by atoms with Gasteiger partial charge in [0.1, 0.15) is 5.75 Å². The van der Waals surface area contributed by atoms with Crippen LogP contribution in [0.3, 0.4) is 0 Å². The van der Waals surface area contributed by atoms with E-state index < -0.39 is 5.97 Å². The number of ether oxygens (including phenoxy) is 1. The SMILES string of the molecule is CC(=O)NCc1ccc(C(=O)NCc2ccc(OCCCC(=O)O)cc2)cc1. The molecule has 0 heterocycles. The van der Waals surface area contributed by atoms with Gasteiger partial charge < -0.3 is 20.5 Å². The highest BCUT2D eigenvalue weighted by Crippen LogP contribution is 2.13. The molecule has 0 bridgehead atoms. The van der Waals surface area contributed by atoms with Crippen LogP contribution in [0.4, 0.5) is 0 Å². The number of carboxylic acid groups (broad SMARTS) is 1. The molecule has 0 spiro atoms. The molecule has 2 rings (SSSR count). The van der Waals surface area contributed by atoms with Crippen molar-refractivity contribution in [1.82, 2.24) is 10.6 Å². The van der Waals surface area contributed by atoms with Gasteiger partial charge in [-0.3, -0.25) is 14.4 Å². The highest BCUT2D eigenvalue weighted by atomic mass is 16.5. The van der Waals surface area contributed by atoms with Crippen molar-refractivity contribution in [3.63, 3.8) is 0 Å². The largest absolute Gasteiger partial charge is 0.494 e. The number of carbonyl (C=O) groups excluding carboxylic acids is 2. The van der Waals surface area contributed by atoms with E-state index in [0.29, 0.717) is 37.4 Å². The number of amides is 2. The maximum atomic E-state index is 12.2. The van der Waals surface area contributed by atoms with Crippen molar-refractivity contribution >= 4 is 17.8 Å². The van der Waals surface area contributed by atoms with Crippen molar-refractivity contribution in [2.45, 2.75) is 32.9 Å². The summed E-state index contributed by atoms with van der Waals surface area (Å²) in [4.78, 5) is 33.6. The predicted molar refractivity (Wildman–Crippen MR) is 104 cm³/mol. The number of nitrogens with one attached hydrogen (secondary N) is 2. The Bertz CT molecular complexity index is 801. The second-order valence-electron chi connectivity index (χ2n) is 6.28. The molecule has 0 atom stereocenters. The molecule has 28 heavy (non-hydrogen) atoms. The fourth-order valence-electron chi connectivity index (χ4n) is 2.40. The summed E-state index contributed by atoms with van der Waals surface area (Å²) >= 11 is 0. The Labute approximate surface area is 163 Å². The Hall–Kier alpha value is -3.35. The van der Waals surface area contributed by atoms with Gasteiger partial charge in [0.05, 0.1) is 6.61 Å². The number of aliphatic carboxylic acids is 1. The van der Waals surface area contributed by atoms with Gasteiger partial charge in [-0.2, -0.15) is 0 Å². The average Bonchev–Trinajstić information content (AvgIpc) is 2.69. The first-order valence-corrected chi connectivity index (χ1v) is 8.99. The van der Waals surface area contributed by atoms with Crippen LogP contribution in [0.1, 0.15) is 41.3 Å². The van der Waals surface area contributed by atoms with Gasteiger partial charge in [0.15, 0.2) is 0 Å². The Balaban J connectivity index is 1.77. The van der Waals surface area contributed by atoms with Crippen LogP contribution in [0.15, 0.2) is 48.5 Å². The van der Waals surface area contributed by atoms with Crippen LogP contribution in [0.25, 0.3) is 0 Å². The number of carboxylic acids is 1. The van der Waals surface area contributed by atoms with Crippen molar-refractivity contribution in [2.24, 2.45) is 0 Å². The lowest BCUT2D eigenvalue weighted by molar-refractivity contribution is -0.137. The number of rotatable bonds is 10. The highest BCUT2D eigenvalue weighted by Gasteiger charge is 2.06. The first-order valence-electron chi connectivity index (χ1n) is 8.99. The van der Waals surface area contributed by atoms with E-state index in [1.165, 1.54) is 6.92 Å². The fraction of sp³-hybridized carbons (Fsp3) is 0.286. The van der Waals surface area contributed by atoms with Crippen LogP contribution in [0.2, 0.25) is 0 Å². The standard InChI is InChI=1S/C21H24N2O5/c1-15(24)22-13-16-4-8-18(9-5-16)21(27)23-14-17-6-10-19(11-7-17)28-12-2-3-20(25)26/h4-11H,2-3,12-14H2,1H3,(H,22,24)(H,23,27)(H,25,26). The first kappa shape index (κ1) is 21.0. The monoisotopic (exact) mass is 384 g/mol. The Morgan fingerprint density at radius 2 is 1.46 bits per heavy atom. The summed E-state index contributed by atoms with van der Waals surface area (Å²) in [5, 5.41) is 14.1. The molecule has 0 aliphatic rings. The van der Waals surface area contributed by atoms with Crippen LogP contribution in [-0.2, 0) is 22.7 Å². The van der Waals surface area contributed by atoms with Crippen molar-refractivity contribution < 1.29 is 24.2 Å². The van der Waals surface area contributed by atoms with Gasteiger partial charge >= 0.3 is 5.97 Å². The fourth-order valence-corrected chi connectivity index (χ4v) is 2.40. The first-order chi connectivity index (χ1) is 13.4. The van der Waals surface area contributed by atoms with Gasteiger partial charge in [-0.05, 0) is 41.8 Å². The molecule has 148 valence electrons. The van der Waals surface area contributed by atoms with Gasteiger partial charge in [-0.15, -0.1) is 0 Å². The third kappa shape index (κ3) is 7.49. The molecule has 0 unspecified atom stereocenters. The quantitative estimate of drug-likeness (QED) is 0.546. The maximum Gasteiger partial charge on any atom is 0.303 e. The minimum absolute atomic E-state index is 0.0817. The lowest BCUT2D eigenvalue weighted by Crippen LogP contribution is -2.23. The normalized spacial score (nSPS) is 10.2. The Kier molecular flexibility index (Phi) is 8.02. The molecule has 7 heteroatoms. The summed E-state index contributed by atoms with van der Waals surface area (Å²) in [6.07, 6.45) is 0.537. The van der Waals surface area contributed by atoms with Crippen LogP contribution < -0.4 is 15.4 Å². The van der Waals surface area contributed by atoms with Gasteiger partial charge in [0.2, 0.25) is 5.91 Å². The van der Waals surface area contributed by atoms with Crippen LogP contribution in [-0.4, -0.2) is 29.5 Å². The van der Waals surface area contributed by atoms with E-state index in [2.05, 4.69) is 10.6 Å². The number of benzene rings is 2. The van der Waals surface area contributed by atoms with Gasteiger partial charge in [0, 0.05) is 32.0 Å². The van der Waals surface area contributed by atoms with Crippen molar-refractivity contribution in [1.29, 1.82) is 0 Å². The highest BCUT2D eigenvalue weighted by molar-refractivity contribution is 5.94. The van der Waals surface area contributed by atoms with Crippen molar-refractivity contribution in [3.05, 3.63) is 65.2 Å². The van der Waals surface area contributed by atoms with Gasteiger partial charge in [-0.1, -0.05) is 24.3 Å². The Morgan fingerprint density at radius 3 is 2.04 bits per heavy atom. The van der Waals surface area contributed by atoms with E-state index in [-0.39, 0.29) is 18.2 Å². The molecule has 2 aromatic rings. The van der Waals surface area contributed by atoms with Crippen LogP contribution >= 0.6 is 0 Å². The predicted octanol–water partition coefficient (Wildman–Crippen LogP) is 2.50. The molecule has 2 amide bonds. The molecule has 0 saturated heterocycles. The van der Waals surface area contributed by atoms with E-state index in [1.807, 2.05) is 12.1 Å². The molecular formula is C21H24N2O5. The van der Waals surface area contributed by atoms with Crippen molar-refractivity contribution in [2.75, 3.05) is 6.61 Å². The van der Waals surface area contributed by atoms with Gasteiger partial charge in [-0.25, -0.2) is 0 Å². The number of hydrogen-bond donors (Lipinski definition) is 3. The molecule has 0 aliphatic carbocycles.